The van der Waals surface area contributed by atoms with Gasteiger partial charge in [0.1, 0.15) is 10.8 Å². The summed E-state index contributed by atoms with van der Waals surface area (Å²) in [7, 11) is 1.64. The number of hydrogen-bond donors (Lipinski definition) is 2. The Labute approximate surface area is 192 Å². The van der Waals surface area contributed by atoms with Crippen LogP contribution >= 0.6 is 22.9 Å². The molecule has 8 heteroatoms. The Morgan fingerprint density at radius 3 is 2.77 bits per heavy atom. The van der Waals surface area contributed by atoms with Crippen molar-refractivity contribution in [3.8, 4) is 5.75 Å². The molecule has 1 aliphatic rings. The summed E-state index contributed by atoms with van der Waals surface area (Å²) in [6, 6.07) is 5.28. The zero-order valence-corrected chi connectivity index (χ0v) is 19.8. The van der Waals surface area contributed by atoms with Gasteiger partial charge < -0.3 is 20.1 Å². The first-order chi connectivity index (χ1) is 14.9. The minimum atomic E-state index is -0.725. The van der Waals surface area contributed by atoms with Crippen LogP contribution in [0.15, 0.2) is 18.2 Å². The van der Waals surface area contributed by atoms with E-state index in [2.05, 4.69) is 10.6 Å². The lowest BCUT2D eigenvalue weighted by molar-refractivity contribution is -0.122. The average Bonchev–Trinajstić information content (AvgIpc) is 3.11. The molecule has 1 atom stereocenters. The van der Waals surface area contributed by atoms with Crippen LogP contribution < -0.4 is 15.4 Å². The normalized spacial score (nSPS) is 13.9. The van der Waals surface area contributed by atoms with Crippen LogP contribution in [0.3, 0.4) is 0 Å². The van der Waals surface area contributed by atoms with E-state index in [1.807, 2.05) is 6.92 Å². The molecule has 0 aliphatic heterocycles. The summed E-state index contributed by atoms with van der Waals surface area (Å²) in [5, 5.41) is 7.14. The molecule has 0 bridgehead atoms. The van der Waals surface area contributed by atoms with Crippen molar-refractivity contribution in [1.82, 2.24) is 5.32 Å². The topological polar surface area (TPSA) is 76.7 Å². The number of benzene rings is 1. The van der Waals surface area contributed by atoms with Gasteiger partial charge in [-0.1, -0.05) is 11.6 Å². The molecule has 1 aromatic heterocycles. The third-order valence-electron chi connectivity index (χ3n) is 5.26. The molecule has 0 radical (unpaired) electrons. The van der Waals surface area contributed by atoms with E-state index in [0.717, 1.165) is 43.2 Å². The number of ether oxygens (including phenoxy) is 2. The molecule has 168 valence electrons. The van der Waals surface area contributed by atoms with Gasteiger partial charge in [0.2, 0.25) is 0 Å². The smallest absolute Gasteiger partial charge is 0.265 e. The van der Waals surface area contributed by atoms with Crippen molar-refractivity contribution in [1.29, 1.82) is 0 Å². The van der Waals surface area contributed by atoms with Gasteiger partial charge in [0.05, 0.1) is 5.56 Å². The summed E-state index contributed by atoms with van der Waals surface area (Å²) in [6.07, 6.45) is 3.97. The molecule has 2 N–H and O–H groups in total. The second-order valence-corrected chi connectivity index (χ2v) is 9.19. The van der Waals surface area contributed by atoms with E-state index in [4.69, 9.17) is 21.1 Å². The first kappa shape index (κ1) is 23.6. The maximum Gasteiger partial charge on any atom is 0.265 e. The molecule has 1 aliphatic carbocycles. The van der Waals surface area contributed by atoms with Gasteiger partial charge in [-0.2, -0.15) is 0 Å². The summed E-state index contributed by atoms with van der Waals surface area (Å²) in [5.74, 6) is 0.137. The van der Waals surface area contributed by atoms with Gasteiger partial charge in [-0.05, 0) is 75.3 Å². The minimum Gasteiger partial charge on any atom is -0.481 e. The van der Waals surface area contributed by atoms with Crippen molar-refractivity contribution in [3.05, 3.63) is 44.8 Å². The lowest BCUT2D eigenvalue weighted by Crippen LogP contribution is -2.31. The van der Waals surface area contributed by atoms with E-state index >= 15 is 0 Å². The number of methoxy groups -OCH3 is 1. The highest BCUT2D eigenvalue weighted by Gasteiger charge is 2.27. The fraction of sp³-hybridized carbons (Fsp3) is 0.478. The van der Waals surface area contributed by atoms with Crippen molar-refractivity contribution >= 4 is 39.8 Å². The molecule has 0 saturated heterocycles. The van der Waals surface area contributed by atoms with Crippen molar-refractivity contribution in [2.45, 2.75) is 52.1 Å². The molecule has 0 spiro atoms. The van der Waals surface area contributed by atoms with E-state index in [1.54, 1.807) is 32.2 Å². The van der Waals surface area contributed by atoms with E-state index in [0.29, 0.717) is 34.5 Å². The van der Waals surface area contributed by atoms with Crippen molar-refractivity contribution in [2.24, 2.45) is 0 Å². The predicted molar refractivity (Wildman–Crippen MR) is 125 cm³/mol. The number of fused-ring (bicyclic) bond motifs is 1. The van der Waals surface area contributed by atoms with Crippen LogP contribution in [0.25, 0.3) is 0 Å². The van der Waals surface area contributed by atoms with Gasteiger partial charge in [0, 0.05) is 30.2 Å². The van der Waals surface area contributed by atoms with Crippen LogP contribution in [0.2, 0.25) is 5.02 Å². The second-order valence-electron chi connectivity index (χ2n) is 7.68. The largest absolute Gasteiger partial charge is 0.481 e. The number of nitrogens with one attached hydrogen (secondary N) is 2. The van der Waals surface area contributed by atoms with E-state index in [9.17, 15) is 9.59 Å². The number of thiophene rings is 1. The number of halogens is 1. The zero-order chi connectivity index (χ0) is 22.4. The maximum atomic E-state index is 12.9. The molecule has 0 unspecified atom stereocenters. The molecular formula is C23H29ClN2O4S. The fourth-order valence-corrected chi connectivity index (χ4v) is 4.97. The van der Waals surface area contributed by atoms with Crippen LogP contribution in [0.4, 0.5) is 5.00 Å². The van der Waals surface area contributed by atoms with E-state index in [-0.39, 0.29) is 11.8 Å². The number of hydrogen-bond acceptors (Lipinski definition) is 5. The van der Waals surface area contributed by atoms with Crippen LogP contribution in [-0.4, -0.2) is 38.2 Å². The van der Waals surface area contributed by atoms with Gasteiger partial charge >= 0.3 is 0 Å². The molecule has 1 aromatic carbocycles. The van der Waals surface area contributed by atoms with Gasteiger partial charge in [-0.15, -0.1) is 11.3 Å². The van der Waals surface area contributed by atoms with Gasteiger partial charge in [-0.25, -0.2) is 0 Å². The molecular weight excluding hydrogens is 436 g/mol. The molecule has 6 nitrogen and oxygen atoms in total. The summed E-state index contributed by atoms with van der Waals surface area (Å²) in [6.45, 7) is 4.69. The second kappa shape index (κ2) is 11.0. The number of rotatable bonds is 9. The number of carbonyl (C=O) groups is 2. The Bertz CT molecular complexity index is 944. The standard InChI is InChI=1S/C23H29ClN2O4S/c1-14-13-16(9-10-18(14)24)30-15(2)21(27)26-23-20(22(28)25-11-6-12-29-3)17-7-4-5-8-19(17)31-23/h9-10,13,15H,4-8,11-12H2,1-3H3,(H,25,28)(H,26,27)/t15-/m1/s1. The highest BCUT2D eigenvalue weighted by Crippen LogP contribution is 2.38. The lowest BCUT2D eigenvalue weighted by atomic mass is 9.95. The SMILES string of the molecule is COCCCNC(=O)c1c(NC(=O)[C@@H](C)Oc2ccc(Cl)c(C)c2)sc2c1CCCC2. The quantitative estimate of drug-likeness (QED) is 0.524. The number of carbonyl (C=O) groups excluding carboxylic acids is 2. The monoisotopic (exact) mass is 464 g/mol. The molecule has 3 rings (SSSR count). The first-order valence-electron chi connectivity index (χ1n) is 10.6. The van der Waals surface area contributed by atoms with Gasteiger partial charge in [0.25, 0.3) is 11.8 Å². The van der Waals surface area contributed by atoms with Crippen molar-refractivity contribution < 1.29 is 19.1 Å². The number of aryl methyl sites for hydroxylation is 2. The zero-order valence-electron chi connectivity index (χ0n) is 18.2. The van der Waals surface area contributed by atoms with Gasteiger partial charge in [-0.3, -0.25) is 9.59 Å². The summed E-state index contributed by atoms with van der Waals surface area (Å²) in [5.41, 5.74) is 2.54. The average molecular weight is 465 g/mol. The Morgan fingerprint density at radius 2 is 2.03 bits per heavy atom. The Hall–Kier alpha value is -2.09. The molecule has 31 heavy (non-hydrogen) atoms. The lowest BCUT2D eigenvalue weighted by Gasteiger charge is -2.16. The molecule has 0 fully saturated rings. The molecule has 1 heterocycles. The van der Waals surface area contributed by atoms with Gasteiger partial charge in [0.15, 0.2) is 6.10 Å². The number of anilines is 1. The van der Waals surface area contributed by atoms with E-state index < -0.39 is 6.10 Å². The molecule has 2 aromatic rings. The van der Waals surface area contributed by atoms with Crippen LogP contribution in [0.5, 0.6) is 5.75 Å². The Balaban J connectivity index is 1.73. The van der Waals surface area contributed by atoms with Crippen molar-refractivity contribution in [2.75, 3.05) is 25.6 Å². The third kappa shape index (κ3) is 5.99. The van der Waals surface area contributed by atoms with Crippen LogP contribution in [0, 0.1) is 6.92 Å². The highest BCUT2D eigenvalue weighted by molar-refractivity contribution is 7.17. The first-order valence-corrected chi connectivity index (χ1v) is 11.8. The fourth-order valence-electron chi connectivity index (χ4n) is 3.56. The van der Waals surface area contributed by atoms with Crippen LogP contribution in [0.1, 0.15) is 52.5 Å². The molecule has 0 saturated carbocycles. The summed E-state index contributed by atoms with van der Waals surface area (Å²) >= 11 is 7.56. The summed E-state index contributed by atoms with van der Waals surface area (Å²) in [4.78, 5) is 27.0. The number of amides is 2. The predicted octanol–water partition coefficient (Wildman–Crippen LogP) is 4.76. The summed E-state index contributed by atoms with van der Waals surface area (Å²) < 4.78 is 10.8. The Morgan fingerprint density at radius 1 is 1.26 bits per heavy atom. The maximum absolute atomic E-state index is 12.9. The van der Waals surface area contributed by atoms with Crippen LogP contribution in [-0.2, 0) is 22.4 Å². The van der Waals surface area contributed by atoms with E-state index in [1.165, 1.54) is 16.2 Å². The van der Waals surface area contributed by atoms with Crippen molar-refractivity contribution in [3.63, 3.8) is 0 Å². The third-order valence-corrected chi connectivity index (χ3v) is 6.89. The minimum absolute atomic E-state index is 0.146. The molecule has 2 amide bonds. The highest BCUT2D eigenvalue weighted by atomic mass is 35.5. The Kier molecular flexibility index (Phi) is 8.35.